The summed E-state index contributed by atoms with van der Waals surface area (Å²) < 4.78 is 0. The van der Waals surface area contributed by atoms with Crippen LogP contribution in [0.15, 0.2) is 12.4 Å². The Labute approximate surface area is 84.2 Å². The second kappa shape index (κ2) is 3.53. The van der Waals surface area contributed by atoms with Crippen LogP contribution in [0.2, 0.25) is 0 Å². The van der Waals surface area contributed by atoms with Gasteiger partial charge in [-0.1, -0.05) is 0 Å². The van der Waals surface area contributed by atoms with Gasteiger partial charge in [-0.2, -0.15) is 0 Å². The molecule has 1 fully saturated rings. The molecule has 1 aromatic rings. The molecule has 0 aliphatic carbocycles. The van der Waals surface area contributed by atoms with Crippen molar-refractivity contribution in [2.45, 2.75) is 32.4 Å². The van der Waals surface area contributed by atoms with Gasteiger partial charge in [-0.3, -0.25) is 0 Å². The Kier molecular flexibility index (Phi) is 2.37. The van der Waals surface area contributed by atoms with Crippen molar-refractivity contribution in [2.75, 3.05) is 11.4 Å². The average Bonchev–Trinajstić information content (AvgIpc) is 2.50. The monoisotopic (exact) mass is 192 g/mol. The molecule has 14 heavy (non-hydrogen) atoms. The molecule has 1 aromatic heterocycles. The maximum absolute atomic E-state index is 5.94. The zero-order valence-corrected chi connectivity index (χ0v) is 8.64. The normalized spacial score (nSPS) is 26.9. The van der Waals surface area contributed by atoms with Gasteiger partial charge >= 0.3 is 0 Å². The standard InChI is InChI=1S/C10H16N4/c1-7-5-12-10(13-6-7)14-4-3-9(11)8(14)2/h5-6,8-9H,3-4,11H2,1-2H3. The van der Waals surface area contributed by atoms with Crippen molar-refractivity contribution in [3.05, 3.63) is 18.0 Å². The van der Waals surface area contributed by atoms with Gasteiger partial charge in [0.1, 0.15) is 0 Å². The lowest BCUT2D eigenvalue weighted by Gasteiger charge is -2.22. The third kappa shape index (κ3) is 1.57. The van der Waals surface area contributed by atoms with Crippen LogP contribution < -0.4 is 10.6 Å². The minimum absolute atomic E-state index is 0.250. The van der Waals surface area contributed by atoms with Crippen molar-refractivity contribution < 1.29 is 0 Å². The van der Waals surface area contributed by atoms with E-state index in [4.69, 9.17) is 5.73 Å². The number of hydrogen-bond donors (Lipinski definition) is 1. The number of anilines is 1. The summed E-state index contributed by atoms with van der Waals surface area (Å²) in [5.74, 6) is 0.802. The zero-order valence-electron chi connectivity index (χ0n) is 8.64. The molecule has 1 aliphatic rings. The molecule has 2 unspecified atom stereocenters. The molecular weight excluding hydrogens is 176 g/mol. The van der Waals surface area contributed by atoms with Crippen LogP contribution in [-0.2, 0) is 0 Å². The van der Waals surface area contributed by atoms with Crippen molar-refractivity contribution >= 4 is 5.95 Å². The van der Waals surface area contributed by atoms with Crippen LogP contribution in [0.4, 0.5) is 5.95 Å². The molecule has 0 bridgehead atoms. The smallest absolute Gasteiger partial charge is 0.225 e. The summed E-state index contributed by atoms with van der Waals surface area (Å²) in [5, 5.41) is 0. The highest BCUT2D eigenvalue weighted by atomic mass is 15.3. The molecule has 1 aliphatic heterocycles. The molecule has 0 radical (unpaired) electrons. The van der Waals surface area contributed by atoms with Crippen LogP contribution in [0.1, 0.15) is 18.9 Å². The van der Waals surface area contributed by atoms with Gasteiger partial charge in [0.2, 0.25) is 5.95 Å². The Hall–Kier alpha value is -1.16. The Balaban J connectivity index is 2.19. The SMILES string of the molecule is Cc1cnc(N2CCC(N)C2C)nc1. The first kappa shape index (κ1) is 9.40. The van der Waals surface area contributed by atoms with E-state index >= 15 is 0 Å². The molecule has 1 saturated heterocycles. The Morgan fingerprint density at radius 2 is 2.07 bits per heavy atom. The van der Waals surface area contributed by atoms with E-state index in [0.29, 0.717) is 6.04 Å². The van der Waals surface area contributed by atoms with Crippen molar-refractivity contribution in [1.29, 1.82) is 0 Å². The van der Waals surface area contributed by atoms with E-state index in [1.54, 1.807) is 0 Å². The zero-order chi connectivity index (χ0) is 10.1. The van der Waals surface area contributed by atoms with Gasteiger partial charge in [0, 0.05) is 31.0 Å². The number of nitrogens with two attached hydrogens (primary N) is 1. The Morgan fingerprint density at radius 1 is 1.43 bits per heavy atom. The number of hydrogen-bond acceptors (Lipinski definition) is 4. The van der Waals surface area contributed by atoms with Gasteiger partial charge in [0.05, 0.1) is 0 Å². The predicted molar refractivity (Wildman–Crippen MR) is 56.2 cm³/mol. The molecule has 0 saturated carbocycles. The molecule has 4 heteroatoms. The maximum atomic E-state index is 5.94. The summed E-state index contributed by atoms with van der Waals surface area (Å²) in [6.45, 7) is 5.08. The van der Waals surface area contributed by atoms with Gasteiger partial charge in [-0.25, -0.2) is 9.97 Å². The summed E-state index contributed by atoms with van der Waals surface area (Å²) in [7, 11) is 0. The van der Waals surface area contributed by atoms with Gasteiger partial charge in [-0.05, 0) is 25.8 Å². The largest absolute Gasteiger partial charge is 0.337 e. The lowest BCUT2D eigenvalue weighted by molar-refractivity contribution is 0.618. The summed E-state index contributed by atoms with van der Waals surface area (Å²) in [6.07, 6.45) is 4.72. The fraction of sp³-hybridized carbons (Fsp3) is 0.600. The van der Waals surface area contributed by atoms with Crippen LogP contribution in [0.5, 0.6) is 0 Å². The maximum Gasteiger partial charge on any atom is 0.225 e. The highest BCUT2D eigenvalue weighted by molar-refractivity contribution is 5.34. The van der Waals surface area contributed by atoms with E-state index in [9.17, 15) is 0 Å². The first-order valence-corrected chi connectivity index (χ1v) is 4.99. The van der Waals surface area contributed by atoms with Gasteiger partial charge in [0.15, 0.2) is 0 Å². The fourth-order valence-corrected chi connectivity index (χ4v) is 1.78. The average molecular weight is 192 g/mol. The molecule has 4 nitrogen and oxygen atoms in total. The van der Waals surface area contributed by atoms with Crippen molar-refractivity contribution in [2.24, 2.45) is 5.73 Å². The molecule has 0 spiro atoms. The van der Waals surface area contributed by atoms with Crippen molar-refractivity contribution in [3.8, 4) is 0 Å². The summed E-state index contributed by atoms with van der Waals surface area (Å²) >= 11 is 0. The van der Waals surface area contributed by atoms with Crippen LogP contribution in [-0.4, -0.2) is 28.6 Å². The number of nitrogens with zero attached hydrogens (tertiary/aromatic N) is 3. The van der Waals surface area contributed by atoms with Crippen LogP contribution in [0.3, 0.4) is 0 Å². The minimum atomic E-state index is 0.250. The Morgan fingerprint density at radius 3 is 2.57 bits per heavy atom. The highest BCUT2D eigenvalue weighted by Gasteiger charge is 2.29. The van der Waals surface area contributed by atoms with Gasteiger partial charge in [-0.15, -0.1) is 0 Å². The minimum Gasteiger partial charge on any atom is -0.337 e. The van der Waals surface area contributed by atoms with Gasteiger partial charge < -0.3 is 10.6 Å². The van der Waals surface area contributed by atoms with E-state index < -0.39 is 0 Å². The lowest BCUT2D eigenvalue weighted by Crippen LogP contribution is -2.37. The van der Waals surface area contributed by atoms with E-state index in [-0.39, 0.29) is 6.04 Å². The summed E-state index contributed by atoms with van der Waals surface area (Å²) in [5.41, 5.74) is 7.03. The van der Waals surface area contributed by atoms with E-state index in [0.717, 1.165) is 24.5 Å². The quantitative estimate of drug-likeness (QED) is 0.712. The van der Waals surface area contributed by atoms with E-state index in [2.05, 4.69) is 21.8 Å². The van der Waals surface area contributed by atoms with Crippen LogP contribution in [0.25, 0.3) is 0 Å². The second-order valence-corrected chi connectivity index (χ2v) is 3.95. The third-order valence-corrected chi connectivity index (χ3v) is 2.84. The number of rotatable bonds is 1. The Bertz CT molecular complexity index is 308. The molecule has 2 heterocycles. The topological polar surface area (TPSA) is 55.0 Å². The third-order valence-electron chi connectivity index (χ3n) is 2.84. The van der Waals surface area contributed by atoms with Crippen molar-refractivity contribution in [1.82, 2.24) is 9.97 Å². The van der Waals surface area contributed by atoms with E-state index in [1.807, 2.05) is 19.3 Å². The number of aryl methyl sites for hydroxylation is 1. The second-order valence-electron chi connectivity index (χ2n) is 3.95. The molecule has 0 aromatic carbocycles. The number of aromatic nitrogens is 2. The predicted octanol–water partition coefficient (Wildman–Crippen LogP) is 0.711. The van der Waals surface area contributed by atoms with Crippen molar-refractivity contribution in [3.63, 3.8) is 0 Å². The first-order chi connectivity index (χ1) is 6.68. The molecule has 76 valence electrons. The van der Waals surface area contributed by atoms with Gasteiger partial charge in [0.25, 0.3) is 0 Å². The summed E-state index contributed by atoms with van der Waals surface area (Å²) in [4.78, 5) is 10.8. The summed E-state index contributed by atoms with van der Waals surface area (Å²) in [6, 6.07) is 0.595. The van der Waals surface area contributed by atoms with Crippen LogP contribution >= 0.6 is 0 Å². The molecular formula is C10H16N4. The van der Waals surface area contributed by atoms with Crippen LogP contribution in [0, 0.1) is 6.92 Å². The highest BCUT2D eigenvalue weighted by Crippen LogP contribution is 2.20. The lowest BCUT2D eigenvalue weighted by atomic mass is 10.2. The van der Waals surface area contributed by atoms with E-state index in [1.165, 1.54) is 0 Å². The molecule has 2 N–H and O–H groups in total. The molecule has 0 amide bonds. The fourth-order valence-electron chi connectivity index (χ4n) is 1.78. The molecule has 2 atom stereocenters. The molecule has 2 rings (SSSR count). The first-order valence-electron chi connectivity index (χ1n) is 4.99.